The number of aryl methyl sites for hydroxylation is 1. The first-order chi connectivity index (χ1) is 13.3. The van der Waals surface area contributed by atoms with Gasteiger partial charge in [-0.1, -0.05) is 24.3 Å². The number of rotatable bonds is 3. The summed E-state index contributed by atoms with van der Waals surface area (Å²) >= 11 is 0. The Morgan fingerprint density at radius 3 is 2.68 bits per heavy atom. The molecule has 0 saturated carbocycles. The normalized spacial score (nSPS) is 16.2. The number of benzene rings is 2. The SMILES string of the molecule is [C-]#[N+]c1ccc2c(c1)N(Cc1ccc(C)c(F)c1)C(=O)CC(C(=O)NC)C2=O. The number of fused-ring (bicyclic) bond motifs is 1. The smallest absolute Gasteiger partial charge is 0.231 e. The van der Waals surface area contributed by atoms with E-state index in [0.717, 1.165) is 0 Å². The summed E-state index contributed by atoms with van der Waals surface area (Å²) in [5, 5.41) is 2.42. The van der Waals surface area contributed by atoms with E-state index in [-0.39, 0.29) is 29.9 Å². The van der Waals surface area contributed by atoms with Gasteiger partial charge >= 0.3 is 0 Å². The number of nitrogens with one attached hydrogen (secondary N) is 1. The van der Waals surface area contributed by atoms with Crippen molar-refractivity contribution in [2.45, 2.75) is 19.9 Å². The fraction of sp³-hybridized carbons (Fsp3) is 0.238. The first-order valence-corrected chi connectivity index (χ1v) is 8.68. The average molecular weight is 379 g/mol. The number of halogens is 1. The van der Waals surface area contributed by atoms with E-state index in [1.807, 2.05) is 0 Å². The minimum Gasteiger partial charge on any atom is -0.359 e. The molecule has 1 heterocycles. The van der Waals surface area contributed by atoms with Crippen molar-refractivity contribution in [2.24, 2.45) is 5.92 Å². The van der Waals surface area contributed by atoms with Crippen molar-refractivity contribution in [3.8, 4) is 0 Å². The second-order valence-corrected chi connectivity index (χ2v) is 6.61. The summed E-state index contributed by atoms with van der Waals surface area (Å²) in [6.07, 6.45) is -0.297. The van der Waals surface area contributed by atoms with Crippen LogP contribution in [0.5, 0.6) is 0 Å². The molecule has 0 bridgehead atoms. The summed E-state index contributed by atoms with van der Waals surface area (Å²) in [6.45, 7) is 8.88. The molecular weight excluding hydrogens is 361 g/mol. The molecule has 2 aromatic rings. The Kier molecular flexibility index (Phi) is 5.23. The predicted octanol–water partition coefficient (Wildman–Crippen LogP) is 3.17. The molecule has 1 aliphatic rings. The van der Waals surface area contributed by atoms with E-state index < -0.39 is 29.3 Å². The molecule has 6 nitrogen and oxygen atoms in total. The number of hydrogen-bond acceptors (Lipinski definition) is 3. The molecule has 28 heavy (non-hydrogen) atoms. The topological polar surface area (TPSA) is 70.8 Å². The summed E-state index contributed by atoms with van der Waals surface area (Å²) < 4.78 is 14.0. The number of carbonyl (C=O) groups excluding carboxylic acids is 3. The Labute approximate surface area is 161 Å². The van der Waals surface area contributed by atoms with E-state index in [9.17, 15) is 18.8 Å². The molecule has 0 saturated heterocycles. The van der Waals surface area contributed by atoms with Gasteiger partial charge in [0.2, 0.25) is 11.8 Å². The Morgan fingerprint density at radius 2 is 2.04 bits per heavy atom. The summed E-state index contributed by atoms with van der Waals surface area (Å²) in [4.78, 5) is 42.7. The second-order valence-electron chi connectivity index (χ2n) is 6.61. The fourth-order valence-corrected chi connectivity index (χ4v) is 3.20. The lowest BCUT2D eigenvalue weighted by atomic mass is 9.94. The van der Waals surface area contributed by atoms with E-state index in [1.165, 1.54) is 36.2 Å². The number of ketones is 1. The van der Waals surface area contributed by atoms with Gasteiger partial charge < -0.3 is 10.2 Å². The van der Waals surface area contributed by atoms with Gasteiger partial charge in [-0.15, -0.1) is 0 Å². The highest BCUT2D eigenvalue weighted by Gasteiger charge is 2.37. The van der Waals surface area contributed by atoms with Gasteiger partial charge in [-0.05, 0) is 30.2 Å². The number of nitrogens with zero attached hydrogens (tertiary/aromatic N) is 2. The van der Waals surface area contributed by atoms with Crippen molar-refractivity contribution >= 4 is 29.0 Å². The van der Waals surface area contributed by atoms with Crippen LogP contribution in [0.1, 0.15) is 27.9 Å². The van der Waals surface area contributed by atoms with E-state index in [1.54, 1.807) is 19.1 Å². The van der Waals surface area contributed by atoms with Crippen LogP contribution < -0.4 is 10.2 Å². The molecule has 7 heteroatoms. The van der Waals surface area contributed by atoms with Crippen molar-refractivity contribution in [1.29, 1.82) is 0 Å². The van der Waals surface area contributed by atoms with E-state index in [4.69, 9.17) is 6.57 Å². The van der Waals surface area contributed by atoms with Crippen molar-refractivity contribution in [3.63, 3.8) is 0 Å². The minimum absolute atomic E-state index is 0.0260. The highest BCUT2D eigenvalue weighted by atomic mass is 19.1. The van der Waals surface area contributed by atoms with Gasteiger partial charge in [0.1, 0.15) is 11.7 Å². The molecule has 1 aliphatic heterocycles. The van der Waals surface area contributed by atoms with Crippen LogP contribution in [0.2, 0.25) is 0 Å². The molecular formula is C21H18FN3O3. The van der Waals surface area contributed by atoms with Crippen molar-refractivity contribution in [2.75, 3.05) is 11.9 Å². The summed E-state index contributed by atoms with van der Waals surface area (Å²) in [7, 11) is 1.40. The van der Waals surface area contributed by atoms with E-state index in [0.29, 0.717) is 11.1 Å². The third kappa shape index (κ3) is 3.49. The molecule has 2 aromatic carbocycles. The maximum Gasteiger partial charge on any atom is 0.231 e. The van der Waals surface area contributed by atoms with Gasteiger partial charge in [0.15, 0.2) is 11.5 Å². The van der Waals surface area contributed by atoms with Gasteiger partial charge in [-0.2, -0.15) is 0 Å². The molecule has 0 radical (unpaired) electrons. The molecule has 2 amide bonds. The Balaban J connectivity index is 2.11. The van der Waals surface area contributed by atoms with Crippen LogP contribution in [0.3, 0.4) is 0 Å². The lowest BCUT2D eigenvalue weighted by Crippen LogP contribution is -2.36. The molecule has 0 aromatic heterocycles. The monoisotopic (exact) mass is 379 g/mol. The summed E-state index contributed by atoms with van der Waals surface area (Å²) in [5.74, 6) is -2.99. The molecule has 1 unspecified atom stereocenters. The van der Waals surface area contributed by atoms with Crippen LogP contribution in [-0.2, 0) is 16.1 Å². The van der Waals surface area contributed by atoms with Gasteiger partial charge in [0.05, 0.1) is 13.1 Å². The number of amides is 2. The first kappa shape index (κ1) is 19.2. The molecule has 1 N–H and O–H groups in total. The zero-order chi connectivity index (χ0) is 20.4. The quantitative estimate of drug-likeness (QED) is 0.658. The van der Waals surface area contributed by atoms with Crippen LogP contribution in [-0.4, -0.2) is 24.6 Å². The van der Waals surface area contributed by atoms with Gasteiger partial charge in [0.25, 0.3) is 0 Å². The zero-order valence-electron chi connectivity index (χ0n) is 15.5. The molecule has 1 atom stereocenters. The highest BCUT2D eigenvalue weighted by molar-refractivity contribution is 6.18. The number of Topliss-reactive ketones (excluding diaryl/α,β-unsaturated/α-hetero) is 1. The maximum atomic E-state index is 14.0. The van der Waals surface area contributed by atoms with Crippen molar-refractivity contribution in [1.82, 2.24) is 5.32 Å². The molecule has 0 spiro atoms. The Hall–Kier alpha value is -3.53. The minimum atomic E-state index is -1.14. The van der Waals surface area contributed by atoms with Crippen molar-refractivity contribution < 1.29 is 18.8 Å². The lowest BCUT2D eigenvalue weighted by molar-refractivity contribution is -0.127. The summed E-state index contributed by atoms with van der Waals surface area (Å²) in [6, 6.07) is 9.04. The van der Waals surface area contributed by atoms with Crippen LogP contribution >= 0.6 is 0 Å². The average Bonchev–Trinajstić information content (AvgIpc) is 2.80. The maximum absolute atomic E-state index is 14.0. The molecule has 0 fully saturated rings. The van der Waals surface area contributed by atoms with Crippen molar-refractivity contribution in [3.05, 3.63) is 70.3 Å². The van der Waals surface area contributed by atoms with Gasteiger partial charge in [-0.25, -0.2) is 9.24 Å². The van der Waals surface area contributed by atoms with Crippen LogP contribution in [0, 0.1) is 25.2 Å². The molecule has 3 rings (SSSR count). The Bertz CT molecular complexity index is 1030. The largest absolute Gasteiger partial charge is 0.359 e. The highest BCUT2D eigenvalue weighted by Crippen LogP contribution is 2.34. The fourth-order valence-electron chi connectivity index (χ4n) is 3.20. The standard InChI is InChI=1S/C21H18FN3O3/c1-12-4-5-13(8-17(12)22)11-25-18-9-14(23-2)6-7-15(18)20(27)16(10-19(25)26)21(28)24-3/h4-9,16H,10-11H2,1,3H3,(H,24,28). The van der Waals surface area contributed by atoms with Gasteiger partial charge in [-0.3, -0.25) is 14.4 Å². The first-order valence-electron chi connectivity index (χ1n) is 8.68. The predicted molar refractivity (Wildman–Crippen MR) is 102 cm³/mol. The van der Waals surface area contributed by atoms with Crippen LogP contribution in [0.4, 0.5) is 15.8 Å². The van der Waals surface area contributed by atoms with E-state index in [2.05, 4.69) is 10.2 Å². The lowest BCUT2D eigenvalue weighted by Gasteiger charge is -2.23. The third-order valence-electron chi connectivity index (χ3n) is 4.80. The third-order valence-corrected chi connectivity index (χ3v) is 4.80. The van der Waals surface area contributed by atoms with Crippen LogP contribution in [0.25, 0.3) is 4.85 Å². The molecule has 0 aliphatic carbocycles. The van der Waals surface area contributed by atoms with E-state index >= 15 is 0 Å². The second kappa shape index (κ2) is 7.61. The Morgan fingerprint density at radius 1 is 1.29 bits per heavy atom. The molecule has 142 valence electrons. The van der Waals surface area contributed by atoms with Gasteiger partial charge in [0, 0.05) is 24.7 Å². The summed E-state index contributed by atoms with van der Waals surface area (Å²) in [5.41, 5.74) is 1.74. The number of carbonyl (C=O) groups is 3. The number of anilines is 1. The zero-order valence-corrected chi connectivity index (χ0v) is 15.5. The van der Waals surface area contributed by atoms with Crippen LogP contribution in [0.15, 0.2) is 36.4 Å². The number of hydrogen-bond donors (Lipinski definition) is 1.